The normalized spacial score (nSPS) is 13.1. The van der Waals surface area contributed by atoms with Crippen LogP contribution in [0.5, 0.6) is 11.5 Å². The molecule has 2 N–H and O–H groups in total. The molecule has 1 atom stereocenters. The summed E-state index contributed by atoms with van der Waals surface area (Å²) in [5.74, 6) is -2.33. The van der Waals surface area contributed by atoms with Gasteiger partial charge in [0.15, 0.2) is 11.5 Å². The van der Waals surface area contributed by atoms with E-state index in [-0.39, 0.29) is 23.2 Å². The summed E-state index contributed by atoms with van der Waals surface area (Å²) >= 11 is 0. The van der Waals surface area contributed by atoms with Gasteiger partial charge in [0.05, 0.1) is 43.0 Å². The highest BCUT2D eigenvalue weighted by molar-refractivity contribution is 6.24. The van der Waals surface area contributed by atoms with Crippen molar-refractivity contribution < 1.29 is 38.3 Å². The number of methoxy groups -OCH3 is 1. The number of nitrogens with one attached hydrogen (secondary N) is 2. The Morgan fingerprint density at radius 3 is 2.42 bits per heavy atom. The highest BCUT2D eigenvalue weighted by atomic mass is 16.7. The van der Waals surface area contributed by atoms with E-state index in [4.69, 9.17) is 14.3 Å². The summed E-state index contributed by atoms with van der Waals surface area (Å²) in [6.07, 6.45) is -0.361. The molecule has 2 aromatic carbocycles. The van der Waals surface area contributed by atoms with Crippen LogP contribution in [-0.2, 0) is 19.2 Å². The SMILES string of the molecule is CCOc1cc(C(CC(=O)NOC(=O)CC)N2C(=O)c3cccc(NC(C)=O)c3C2=O)ccc1OC. The van der Waals surface area contributed by atoms with Crippen LogP contribution >= 0.6 is 0 Å². The number of ether oxygens (including phenoxy) is 2. The fourth-order valence-electron chi connectivity index (χ4n) is 3.81. The van der Waals surface area contributed by atoms with Gasteiger partial charge < -0.3 is 19.6 Å². The number of anilines is 1. The van der Waals surface area contributed by atoms with Crippen LogP contribution in [0.25, 0.3) is 0 Å². The lowest BCUT2D eigenvalue weighted by Gasteiger charge is -2.27. The molecule has 190 valence electrons. The number of fused-ring (bicyclic) bond motifs is 1. The number of hydroxylamine groups is 1. The van der Waals surface area contributed by atoms with Crippen LogP contribution in [0.1, 0.15) is 65.9 Å². The number of amides is 4. The molecule has 0 saturated heterocycles. The Balaban J connectivity index is 2.05. The summed E-state index contributed by atoms with van der Waals surface area (Å²) in [6.45, 7) is 4.96. The smallest absolute Gasteiger partial charge is 0.331 e. The van der Waals surface area contributed by atoms with E-state index in [0.717, 1.165) is 4.90 Å². The molecule has 4 amide bonds. The minimum absolute atomic E-state index is 0.0269. The lowest BCUT2D eigenvalue weighted by Crippen LogP contribution is -2.38. The van der Waals surface area contributed by atoms with Gasteiger partial charge in [-0.3, -0.25) is 24.1 Å². The summed E-state index contributed by atoms with van der Waals surface area (Å²) in [5, 5.41) is 2.56. The first kappa shape index (κ1) is 26.2. The molecule has 0 aliphatic carbocycles. The van der Waals surface area contributed by atoms with E-state index < -0.39 is 42.1 Å². The van der Waals surface area contributed by atoms with Gasteiger partial charge in [-0.15, -0.1) is 0 Å². The molecule has 0 aromatic heterocycles. The van der Waals surface area contributed by atoms with Crippen molar-refractivity contribution in [3.05, 3.63) is 53.1 Å². The van der Waals surface area contributed by atoms with Crippen molar-refractivity contribution in [2.75, 3.05) is 19.0 Å². The Hall–Kier alpha value is -4.41. The van der Waals surface area contributed by atoms with Crippen molar-refractivity contribution in [2.24, 2.45) is 0 Å². The maximum Gasteiger partial charge on any atom is 0.331 e. The van der Waals surface area contributed by atoms with Crippen molar-refractivity contribution in [1.29, 1.82) is 0 Å². The summed E-state index contributed by atoms with van der Waals surface area (Å²) in [4.78, 5) is 68.4. The van der Waals surface area contributed by atoms with E-state index in [9.17, 15) is 24.0 Å². The van der Waals surface area contributed by atoms with Gasteiger partial charge in [0, 0.05) is 13.3 Å². The zero-order valence-corrected chi connectivity index (χ0v) is 20.4. The maximum absolute atomic E-state index is 13.5. The fourth-order valence-corrected chi connectivity index (χ4v) is 3.81. The van der Waals surface area contributed by atoms with Crippen molar-refractivity contribution in [3.63, 3.8) is 0 Å². The minimum Gasteiger partial charge on any atom is -0.493 e. The molecule has 0 bridgehead atoms. The van der Waals surface area contributed by atoms with Crippen LogP contribution in [0.15, 0.2) is 36.4 Å². The Bertz CT molecular complexity index is 1210. The molecular formula is C25H27N3O8. The van der Waals surface area contributed by atoms with Crippen LogP contribution in [0, 0.1) is 0 Å². The van der Waals surface area contributed by atoms with E-state index in [0.29, 0.717) is 23.7 Å². The standard InChI is InChI=1S/C25H27N3O8/c1-5-22(31)36-27-21(30)13-18(15-10-11-19(34-4)20(12-15)35-6-2)28-24(32)16-8-7-9-17(26-14(3)29)23(16)25(28)33/h7-12,18H,5-6,13H2,1-4H3,(H,26,29)(H,27,30). The van der Waals surface area contributed by atoms with Crippen molar-refractivity contribution >= 4 is 35.3 Å². The monoisotopic (exact) mass is 497 g/mol. The predicted molar refractivity (Wildman–Crippen MR) is 127 cm³/mol. The molecule has 11 heteroatoms. The average Bonchev–Trinajstić information content (AvgIpc) is 3.11. The Kier molecular flexibility index (Phi) is 8.26. The Labute approximate surface area is 207 Å². The number of rotatable bonds is 9. The second-order valence-electron chi connectivity index (χ2n) is 7.81. The van der Waals surface area contributed by atoms with Crippen molar-refractivity contribution in [2.45, 2.75) is 39.7 Å². The number of nitrogens with zero attached hydrogens (tertiary/aromatic N) is 1. The Morgan fingerprint density at radius 1 is 1.03 bits per heavy atom. The third-order valence-corrected chi connectivity index (χ3v) is 5.39. The molecule has 0 saturated carbocycles. The van der Waals surface area contributed by atoms with E-state index in [2.05, 4.69) is 10.8 Å². The van der Waals surface area contributed by atoms with E-state index in [1.165, 1.54) is 26.2 Å². The van der Waals surface area contributed by atoms with Crippen LogP contribution in [0.3, 0.4) is 0 Å². The number of carbonyl (C=O) groups is 5. The first-order chi connectivity index (χ1) is 17.2. The highest BCUT2D eigenvalue weighted by Crippen LogP contribution is 2.39. The van der Waals surface area contributed by atoms with Gasteiger partial charge in [0.1, 0.15) is 0 Å². The molecule has 1 aliphatic heterocycles. The maximum atomic E-state index is 13.5. The molecule has 11 nitrogen and oxygen atoms in total. The first-order valence-electron chi connectivity index (χ1n) is 11.3. The number of imide groups is 1. The zero-order chi connectivity index (χ0) is 26.4. The van der Waals surface area contributed by atoms with Gasteiger partial charge >= 0.3 is 5.97 Å². The van der Waals surface area contributed by atoms with Gasteiger partial charge in [0.2, 0.25) is 5.91 Å². The molecular weight excluding hydrogens is 470 g/mol. The number of hydrogen-bond acceptors (Lipinski definition) is 8. The second kappa shape index (κ2) is 11.3. The van der Waals surface area contributed by atoms with E-state index in [1.807, 2.05) is 0 Å². The molecule has 2 aromatic rings. The zero-order valence-electron chi connectivity index (χ0n) is 20.4. The van der Waals surface area contributed by atoms with Crippen LogP contribution in [0.2, 0.25) is 0 Å². The first-order valence-corrected chi connectivity index (χ1v) is 11.3. The quantitative estimate of drug-likeness (QED) is 0.398. The minimum atomic E-state index is -1.09. The Morgan fingerprint density at radius 2 is 1.78 bits per heavy atom. The van der Waals surface area contributed by atoms with Crippen LogP contribution < -0.4 is 20.3 Å². The van der Waals surface area contributed by atoms with Gasteiger partial charge in [-0.1, -0.05) is 19.1 Å². The van der Waals surface area contributed by atoms with E-state index in [1.54, 1.807) is 38.1 Å². The lowest BCUT2D eigenvalue weighted by atomic mass is 10.0. The molecule has 36 heavy (non-hydrogen) atoms. The molecule has 1 aliphatic rings. The van der Waals surface area contributed by atoms with Gasteiger partial charge in [0.25, 0.3) is 17.7 Å². The lowest BCUT2D eigenvalue weighted by molar-refractivity contribution is -0.158. The van der Waals surface area contributed by atoms with Gasteiger partial charge in [-0.05, 0) is 36.8 Å². The van der Waals surface area contributed by atoms with Crippen LogP contribution in [-0.4, -0.2) is 48.2 Å². The molecule has 0 fully saturated rings. The van der Waals surface area contributed by atoms with Crippen molar-refractivity contribution in [3.8, 4) is 11.5 Å². The molecule has 1 heterocycles. The van der Waals surface area contributed by atoms with Gasteiger partial charge in [-0.2, -0.15) is 5.48 Å². The number of carbonyl (C=O) groups excluding carboxylic acids is 5. The van der Waals surface area contributed by atoms with Gasteiger partial charge in [-0.25, -0.2) is 4.79 Å². The molecule has 0 spiro atoms. The summed E-state index contributed by atoms with van der Waals surface area (Å²) in [7, 11) is 1.47. The molecule has 1 unspecified atom stereocenters. The third kappa shape index (κ3) is 5.45. The number of hydrogen-bond donors (Lipinski definition) is 2. The molecule has 0 radical (unpaired) electrons. The molecule has 3 rings (SSSR count). The average molecular weight is 498 g/mol. The second-order valence-corrected chi connectivity index (χ2v) is 7.81. The third-order valence-electron chi connectivity index (χ3n) is 5.39. The summed E-state index contributed by atoms with van der Waals surface area (Å²) in [6, 6.07) is 8.23. The fraction of sp³-hybridized carbons (Fsp3) is 0.320. The topological polar surface area (TPSA) is 140 Å². The largest absolute Gasteiger partial charge is 0.493 e. The van der Waals surface area contributed by atoms with E-state index >= 15 is 0 Å². The summed E-state index contributed by atoms with van der Waals surface area (Å²) < 4.78 is 10.9. The summed E-state index contributed by atoms with van der Waals surface area (Å²) in [5.41, 5.74) is 2.77. The number of benzene rings is 2. The van der Waals surface area contributed by atoms with Crippen molar-refractivity contribution in [1.82, 2.24) is 10.4 Å². The highest BCUT2D eigenvalue weighted by Gasteiger charge is 2.43. The van der Waals surface area contributed by atoms with Crippen LogP contribution in [0.4, 0.5) is 5.69 Å². The predicted octanol–water partition coefficient (Wildman–Crippen LogP) is 2.76.